The minimum Gasteiger partial charge on any atom is -0.390 e. The van der Waals surface area contributed by atoms with Crippen molar-refractivity contribution >= 4 is 6.41 Å². The third kappa shape index (κ3) is 3.42. The summed E-state index contributed by atoms with van der Waals surface area (Å²) in [5.41, 5.74) is 0. The molecule has 0 heterocycles. The van der Waals surface area contributed by atoms with Gasteiger partial charge < -0.3 is 15.5 Å². The Bertz CT molecular complexity index is 97.0. The summed E-state index contributed by atoms with van der Waals surface area (Å²) in [6.45, 7) is 1.87. The third-order valence-electron chi connectivity index (χ3n) is 1.27. The van der Waals surface area contributed by atoms with Crippen LogP contribution in [0.5, 0.6) is 0 Å². The molecule has 0 aliphatic carbocycles. The van der Waals surface area contributed by atoms with Gasteiger partial charge in [0.2, 0.25) is 6.41 Å². The summed E-state index contributed by atoms with van der Waals surface area (Å²) in [5, 5.41) is 20.2. The maximum atomic E-state index is 9.72. The van der Waals surface area contributed by atoms with Gasteiger partial charge in [-0.15, -0.1) is 0 Å². The van der Waals surface area contributed by atoms with Gasteiger partial charge in [-0.05, 0) is 6.42 Å². The second kappa shape index (κ2) is 5.20. The van der Waals surface area contributed by atoms with Gasteiger partial charge in [0.25, 0.3) is 0 Å². The lowest BCUT2D eigenvalue weighted by molar-refractivity contribution is -0.110. The Morgan fingerprint density at radius 1 is 1.50 bits per heavy atom. The maximum absolute atomic E-state index is 9.72. The summed E-state index contributed by atoms with van der Waals surface area (Å²) in [7, 11) is 0. The van der Waals surface area contributed by atoms with E-state index < -0.39 is 12.2 Å². The quantitative estimate of drug-likeness (QED) is 0.431. The van der Waals surface area contributed by atoms with E-state index in [0.29, 0.717) is 12.8 Å². The van der Waals surface area contributed by atoms with Gasteiger partial charge in [-0.25, -0.2) is 0 Å². The molecule has 0 aliphatic heterocycles. The third-order valence-corrected chi connectivity index (χ3v) is 1.27. The van der Waals surface area contributed by atoms with Crippen molar-refractivity contribution in [2.75, 3.05) is 6.54 Å². The van der Waals surface area contributed by atoms with Crippen LogP contribution in [0.25, 0.3) is 0 Å². The Labute approximate surface area is 59.9 Å². The Morgan fingerprint density at radius 2 is 2.10 bits per heavy atom. The van der Waals surface area contributed by atoms with Crippen LogP contribution in [0, 0.1) is 0 Å². The first-order chi connectivity index (χ1) is 4.72. The van der Waals surface area contributed by atoms with Crippen molar-refractivity contribution in [1.82, 2.24) is 5.32 Å². The van der Waals surface area contributed by atoms with Gasteiger partial charge in [0.15, 0.2) is 0 Å². The second-order valence-electron chi connectivity index (χ2n) is 2.07. The van der Waals surface area contributed by atoms with Crippen LogP contribution >= 0.6 is 0 Å². The molecular weight excluding hydrogens is 134 g/mol. The molecule has 0 saturated carbocycles. The number of aliphatic hydroxyl groups excluding tert-OH is 2. The zero-order chi connectivity index (χ0) is 7.98. The van der Waals surface area contributed by atoms with Crippen molar-refractivity contribution in [3.05, 3.63) is 0 Å². The lowest BCUT2D eigenvalue weighted by Gasteiger charge is -2.14. The summed E-state index contributed by atoms with van der Waals surface area (Å²) in [5.74, 6) is 0. The summed E-state index contributed by atoms with van der Waals surface area (Å²) in [6.07, 6.45) is -0.615. The van der Waals surface area contributed by atoms with Crippen molar-refractivity contribution < 1.29 is 15.0 Å². The minimum atomic E-state index is -0.852. The van der Waals surface area contributed by atoms with Crippen molar-refractivity contribution in [1.29, 1.82) is 0 Å². The fourth-order valence-electron chi connectivity index (χ4n) is 0.577. The van der Waals surface area contributed by atoms with E-state index in [0.717, 1.165) is 0 Å². The van der Waals surface area contributed by atoms with Crippen molar-refractivity contribution in [3.8, 4) is 0 Å². The molecule has 1 amide bonds. The molecule has 0 aliphatic rings. The number of carbonyl (C=O) groups is 1. The Balaban J connectivity index is 3.40. The van der Waals surface area contributed by atoms with Crippen molar-refractivity contribution in [3.63, 3.8) is 0 Å². The highest BCUT2D eigenvalue weighted by atomic mass is 16.3. The van der Waals surface area contributed by atoms with Gasteiger partial charge in [0, 0.05) is 6.54 Å². The maximum Gasteiger partial charge on any atom is 0.207 e. The number of nitrogens with one attached hydrogen (secondary N) is 1. The number of amides is 1. The van der Waals surface area contributed by atoms with Gasteiger partial charge >= 0.3 is 0 Å². The average molecular weight is 147 g/mol. The number of hydrogen-bond acceptors (Lipinski definition) is 3. The molecule has 0 bridgehead atoms. The molecule has 0 radical (unpaired) electrons. The standard InChI is InChI=1S/C6H13NO3/c1-2-5(9)6(10)3-7-4-8/h4-6,9-10H,2-3H2,1H3,(H,7,8). The van der Waals surface area contributed by atoms with Gasteiger partial charge in [0.05, 0.1) is 12.2 Å². The number of carbonyl (C=O) groups excluding carboxylic acids is 1. The second-order valence-corrected chi connectivity index (χ2v) is 2.07. The largest absolute Gasteiger partial charge is 0.390 e. The van der Waals surface area contributed by atoms with Crippen molar-refractivity contribution in [2.45, 2.75) is 25.6 Å². The average Bonchev–Trinajstić information content (AvgIpc) is 1.98. The van der Waals surface area contributed by atoms with Crippen LogP contribution in [0.3, 0.4) is 0 Å². The fourth-order valence-corrected chi connectivity index (χ4v) is 0.577. The number of aliphatic hydroxyl groups is 2. The Hall–Kier alpha value is -0.610. The zero-order valence-electron chi connectivity index (χ0n) is 5.95. The van der Waals surface area contributed by atoms with Crippen LogP contribution in [-0.4, -0.2) is 35.4 Å². The van der Waals surface area contributed by atoms with Gasteiger partial charge in [0.1, 0.15) is 0 Å². The van der Waals surface area contributed by atoms with Crippen LogP contribution in [0.4, 0.5) is 0 Å². The van der Waals surface area contributed by atoms with E-state index in [1.54, 1.807) is 6.92 Å². The molecule has 0 aromatic heterocycles. The van der Waals surface area contributed by atoms with Crippen LogP contribution in [0.1, 0.15) is 13.3 Å². The number of rotatable bonds is 5. The Morgan fingerprint density at radius 3 is 2.50 bits per heavy atom. The molecule has 3 N–H and O–H groups in total. The van der Waals surface area contributed by atoms with E-state index in [-0.39, 0.29) is 6.54 Å². The first kappa shape index (κ1) is 9.39. The van der Waals surface area contributed by atoms with E-state index in [4.69, 9.17) is 10.2 Å². The highest BCUT2D eigenvalue weighted by Gasteiger charge is 2.12. The highest BCUT2D eigenvalue weighted by molar-refractivity contribution is 5.45. The molecule has 0 saturated heterocycles. The van der Waals surface area contributed by atoms with Crippen LogP contribution in [-0.2, 0) is 4.79 Å². The van der Waals surface area contributed by atoms with Crippen molar-refractivity contribution in [2.24, 2.45) is 0 Å². The topological polar surface area (TPSA) is 69.6 Å². The van der Waals surface area contributed by atoms with Crippen LogP contribution in [0.2, 0.25) is 0 Å². The molecule has 10 heavy (non-hydrogen) atoms. The van der Waals surface area contributed by atoms with E-state index in [1.807, 2.05) is 0 Å². The smallest absolute Gasteiger partial charge is 0.207 e. The summed E-state index contributed by atoms with van der Waals surface area (Å²) < 4.78 is 0. The molecule has 0 rings (SSSR count). The van der Waals surface area contributed by atoms with Gasteiger partial charge in [-0.2, -0.15) is 0 Å². The molecular formula is C6H13NO3. The first-order valence-corrected chi connectivity index (χ1v) is 3.25. The normalized spacial score (nSPS) is 15.9. The molecule has 4 nitrogen and oxygen atoms in total. The van der Waals surface area contributed by atoms with E-state index in [1.165, 1.54) is 0 Å². The lowest BCUT2D eigenvalue weighted by Crippen LogP contribution is -2.35. The lowest BCUT2D eigenvalue weighted by atomic mass is 10.1. The molecule has 0 spiro atoms. The van der Waals surface area contributed by atoms with E-state index >= 15 is 0 Å². The van der Waals surface area contributed by atoms with Gasteiger partial charge in [-0.1, -0.05) is 6.92 Å². The molecule has 0 aromatic carbocycles. The highest BCUT2D eigenvalue weighted by Crippen LogP contribution is 1.95. The van der Waals surface area contributed by atoms with E-state index in [9.17, 15) is 4.79 Å². The molecule has 2 unspecified atom stereocenters. The number of hydrogen-bond donors (Lipinski definition) is 3. The molecule has 0 aromatic rings. The van der Waals surface area contributed by atoms with Crippen LogP contribution in [0.15, 0.2) is 0 Å². The fraction of sp³-hybridized carbons (Fsp3) is 0.833. The Kier molecular flexibility index (Phi) is 4.88. The SMILES string of the molecule is CCC(O)C(O)CNC=O. The first-order valence-electron chi connectivity index (χ1n) is 3.25. The predicted octanol–water partition coefficient (Wildman–Crippen LogP) is -1.14. The van der Waals surface area contributed by atoms with Gasteiger partial charge in [-0.3, -0.25) is 4.79 Å². The molecule has 0 fully saturated rings. The van der Waals surface area contributed by atoms with Crippen LogP contribution < -0.4 is 5.32 Å². The molecule has 4 heteroatoms. The van der Waals surface area contributed by atoms with E-state index in [2.05, 4.69) is 5.32 Å². The molecule has 2 atom stereocenters. The molecule has 60 valence electrons. The zero-order valence-corrected chi connectivity index (χ0v) is 5.95. The summed E-state index contributed by atoms with van der Waals surface area (Å²) in [4.78, 5) is 9.72. The monoisotopic (exact) mass is 147 g/mol. The minimum absolute atomic E-state index is 0.110. The summed E-state index contributed by atoms with van der Waals surface area (Å²) >= 11 is 0. The predicted molar refractivity (Wildman–Crippen MR) is 36.4 cm³/mol. The summed E-state index contributed by atoms with van der Waals surface area (Å²) in [6, 6.07) is 0.